The van der Waals surface area contributed by atoms with E-state index < -0.39 is 0 Å². The van der Waals surface area contributed by atoms with Gasteiger partial charge in [0.05, 0.1) is 5.56 Å². The summed E-state index contributed by atoms with van der Waals surface area (Å²) in [7, 11) is 0. The highest BCUT2D eigenvalue weighted by molar-refractivity contribution is 9.11. The Morgan fingerprint density at radius 3 is 2.80 bits per heavy atom. The minimum absolute atomic E-state index is 0.556. The van der Waals surface area contributed by atoms with Crippen molar-refractivity contribution in [2.75, 3.05) is 13.1 Å². The second-order valence-electron chi connectivity index (χ2n) is 4.48. The van der Waals surface area contributed by atoms with E-state index in [1.54, 1.807) is 0 Å². The molecule has 6 heteroatoms. The van der Waals surface area contributed by atoms with E-state index in [1.807, 2.05) is 18.2 Å². The molecule has 2 rings (SSSR count). The number of benzene rings is 1. The van der Waals surface area contributed by atoms with Crippen LogP contribution in [0.1, 0.15) is 25.7 Å². The highest BCUT2D eigenvalue weighted by Crippen LogP contribution is 2.29. The molecule has 0 atom stereocenters. The van der Waals surface area contributed by atoms with Gasteiger partial charge in [-0.2, -0.15) is 0 Å². The fourth-order valence-corrected chi connectivity index (χ4v) is 3.01. The molecule has 0 fully saturated rings. The van der Waals surface area contributed by atoms with Crippen molar-refractivity contribution in [3.8, 4) is 11.5 Å². The molecule has 0 spiro atoms. The zero-order chi connectivity index (χ0) is 14.4. The third-order valence-corrected chi connectivity index (χ3v) is 3.95. The maximum Gasteiger partial charge on any atom is 0.248 e. The average molecular weight is 403 g/mol. The van der Waals surface area contributed by atoms with Crippen molar-refractivity contribution in [3.05, 3.63) is 33.0 Å². The summed E-state index contributed by atoms with van der Waals surface area (Å²) >= 11 is 6.93. The van der Waals surface area contributed by atoms with Crippen LogP contribution in [0, 0.1) is 0 Å². The number of nitrogens with one attached hydrogen (secondary N) is 1. The molecule has 2 aromatic rings. The van der Waals surface area contributed by atoms with E-state index in [4.69, 9.17) is 4.42 Å². The van der Waals surface area contributed by atoms with Gasteiger partial charge in [0, 0.05) is 15.4 Å². The lowest BCUT2D eigenvalue weighted by Crippen LogP contribution is -2.16. The third kappa shape index (κ3) is 4.40. The number of halogens is 2. The Balaban J connectivity index is 1.95. The molecule has 0 saturated heterocycles. The normalized spacial score (nSPS) is 10.9. The molecule has 0 unspecified atom stereocenters. The highest BCUT2D eigenvalue weighted by atomic mass is 79.9. The van der Waals surface area contributed by atoms with Crippen LogP contribution in [0.5, 0.6) is 0 Å². The molecule has 0 bridgehead atoms. The van der Waals surface area contributed by atoms with E-state index in [0.29, 0.717) is 11.8 Å². The van der Waals surface area contributed by atoms with Crippen LogP contribution in [0.15, 0.2) is 31.6 Å². The minimum Gasteiger partial charge on any atom is -0.421 e. The van der Waals surface area contributed by atoms with Gasteiger partial charge in [-0.15, -0.1) is 10.2 Å². The van der Waals surface area contributed by atoms with Crippen LogP contribution in [0.3, 0.4) is 0 Å². The molecule has 1 heterocycles. The summed E-state index contributed by atoms with van der Waals surface area (Å²) in [6, 6.07) is 5.88. The van der Waals surface area contributed by atoms with Gasteiger partial charge in [-0.1, -0.05) is 22.9 Å². The SMILES string of the molecule is CCCNCCCc1nnc(-c2ccc(Br)cc2Br)o1. The number of hydrogen-bond acceptors (Lipinski definition) is 4. The van der Waals surface area contributed by atoms with Crippen LogP contribution >= 0.6 is 31.9 Å². The van der Waals surface area contributed by atoms with Crippen molar-refractivity contribution in [2.24, 2.45) is 0 Å². The van der Waals surface area contributed by atoms with E-state index in [9.17, 15) is 0 Å². The molecule has 0 aliphatic heterocycles. The monoisotopic (exact) mass is 401 g/mol. The standard InChI is InChI=1S/C14H17Br2N3O/c1-2-7-17-8-3-4-13-18-19-14(20-13)11-6-5-10(15)9-12(11)16/h5-6,9,17H,2-4,7-8H2,1H3. The first kappa shape index (κ1) is 15.7. The molecule has 0 amide bonds. The number of aromatic nitrogens is 2. The second kappa shape index (κ2) is 7.90. The van der Waals surface area contributed by atoms with Crippen LogP contribution in [0.2, 0.25) is 0 Å². The second-order valence-corrected chi connectivity index (χ2v) is 6.25. The van der Waals surface area contributed by atoms with Gasteiger partial charge >= 0.3 is 0 Å². The van der Waals surface area contributed by atoms with Crippen molar-refractivity contribution in [1.29, 1.82) is 0 Å². The predicted molar refractivity (Wildman–Crippen MR) is 86.6 cm³/mol. The molecule has 0 aliphatic carbocycles. The first-order chi connectivity index (χ1) is 9.70. The van der Waals surface area contributed by atoms with E-state index in [0.717, 1.165) is 46.9 Å². The zero-order valence-corrected chi connectivity index (χ0v) is 14.5. The quantitative estimate of drug-likeness (QED) is 0.705. The van der Waals surface area contributed by atoms with Gasteiger partial charge in [-0.25, -0.2) is 0 Å². The molecule has 108 valence electrons. The molecule has 1 aromatic carbocycles. The summed E-state index contributed by atoms with van der Waals surface area (Å²) < 4.78 is 7.65. The fourth-order valence-electron chi connectivity index (χ4n) is 1.79. The molecule has 0 aliphatic rings. The van der Waals surface area contributed by atoms with Gasteiger partial charge in [-0.05, 0) is 60.1 Å². The van der Waals surface area contributed by atoms with E-state index in [1.165, 1.54) is 0 Å². The largest absolute Gasteiger partial charge is 0.421 e. The van der Waals surface area contributed by atoms with Crippen LogP contribution in [0.25, 0.3) is 11.5 Å². The summed E-state index contributed by atoms with van der Waals surface area (Å²) in [5.41, 5.74) is 0.913. The molecule has 4 nitrogen and oxygen atoms in total. The van der Waals surface area contributed by atoms with Crippen LogP contribution in [-0.4, -0.2) is 23.3 Å². The summed E-state index contributed by atoms with van der Waals surface area (Å²) in [4.78, 5) is 0. The Labute approximate surface area is 135 Å². The smallest absolute Gasteiger partial charge is 0.248 e. The van der Waals surface area contributed by atoms with Crippen LogP contribution < -0.4 is 5.32 Å². The molecule has 1 N–H and O–H groups in total. The summed E-state index contributed by atoms with van der Waals surface area (Å²) in [5, 5.41) is 11.6. The van der Waals surface area contributed by atoms with Crippen molar-refractivity contribution in [1.82, 2.24) is 15.5 Å². The Hall–Kier alpha value is -0.720. The maximum atomic E-state index is 5.70. The Bertz CT molecular complexity index is 557. The predicted octanol–water partition coefficient (Wildman–Crippen LogP) is 4.19. The summed E-state index contributed by atoms with van der Waals surface area (Å²) in [6.07, 6.45) is 2.96. The first-order valence-electron chi connectivity index (χ1n) is 6.69. The van der Waals surface area contributed by atoms with E-state index >= 15 is 0 Å². The highest BCUT2D eigenvalue weighted by Gasteiger charge is 2.11. The number of aryl methyl sites for hydroxylation is 1. The maximum absolute atomic E-state index is 5.70. The molecular weight excluding hydrogens is 386 g/mol. The lowest BCUT2D eigenvalue weighted by atomic mass is 10.2. The van der Waals surface area contributed by atoms with E-state index in [-0.39, 0.29) is 0 Å². The van der Waals surface area contributed by atoms with Crippen molar-refractivity contribution in [3.63, 3.8) is 0 Å². The fraction of sp³-hybridized carbons (Fsp3) is 0.429. The zero-order valence-electron chi connectivity index (χ0n) is 11.3. The molecule has 1 aromatic heterocycles. The van der Waals surface area contributed by atoms with Crippen molar-refractivity contribution in [2.45, 2.75) is 26.2 Å². The first-order valence-corrected chi connectivity index (χ1v) is 8.28. The number of rotatable bonds is 7. The van der Waals surface area contributed by atoms with Gasteiger partial charge in [0.2, 0.25) is 11.8 Å². The van der Waals surface area contributed by atoms with Gasteiger partial charge < -0.3 is 9.73 Å². The van der Waals surface area contributed by atoms with E-state index in [2.05, 4.69) is 54.3 Å². The van der Waals surface area contributed by atoms with Gasteiger partial charge in [0.25, 0.3) is 0 Å². The molecule has 0 saturated carbocycles. The molecule has 20 heavy (non-hydrogen) atoms. The van der Waals surface area contributed by atoms with Gasteiger partial charge in [-0.3, -0.25) is 0 Å². The van der Waals surface area contributed by atoms with Crippen LogP contribution in [0.4, 0.5) is 0 Å². The van der Waals surface area contributed by atoms with Crippen molar-refractivity contribution < 1.29 is 4.42 Å². The Morgan fingerprint density at radius 2 is 2.05 bits per heavy atom. The Morgan fingerprint density at radius 1 is 1.20 bits per heavy atom. The summed E-state index contributed by atoms with van der Waals surface area (Å²) in [5.74, 6) is 1.24. The summed E-state index contributed by atoms with van der Waals surface area (Å²) in [6.45, 7) is 4.20. The minimum atomic E-state index is 0.556. The van der Waals surface area contributed by atoms with Crippen LogP contribution in [-0.2, 0) is 6.42 Å². The number of nitrogens with zero attached hydrogens (tertiary/aromatic N) is 2. The lowest BCUT2D eigenvalue weighted by Gasteiger charge is -2.00. The van der Waals surface area contributed by atoms with Gasteiger partial charge in [0.15, 0.2) is 0 Å². The lowest BCUT2D eigenvalue weighted by molar-refractivity contribution is 0.491. The number of hydrogen-bond donors (Lipinski definition) is 1. The topological polar surface area (TPSA) is 51.0 Å². The van der Waals surface area contributed by atoms with Gasteiger partial charge in [0.1, 0.15) is 0 Å². The average Bonchev–Trinajstić information content (AvgIpc) is 2.87. The third-order valence-electron chi connectivity index (χ3n) is 2.80. The molecule has 0 radical (unpaired) electrons. The Kier molecular flexibility index (Phi) is 6.19. The molecular formula is C14H17Br2N3O. The van der Waals surface area contributed by atoms with Crippen molar-refractivity contribution >= 4 is 31.9 Å².